The Balaban J connectivity index is 0.971. The van der Waals surface area contributed by atoms with E-state index in [-0.39, 0.29) is 35.6 Å². The number of nitrogens with zero attached hydrogens (tertiary/aromatic N) is 5. The number of hydrogen-bond acceptors (Lipinski definition) is 8. The standard InChI is InChI=1S/C33H44N8O7/c1-32(2,3)48-31(47)37-33(4,5)27(42)39-13-20-15-40(16-21(20)14-39)28(43)34-25-10-11-41(29(44)35-25)22-8-6-19(7-9-22)12-38-17-23-24(18-38)26(23)36-30(45)46/h6-11,20-21,23-24,26,36H,12-18H2,1-5H3,(H,37,47)(H,45,46)(H,34,35,43,44). The van der Waals surface area contributed by atoms with Crippen LogP contribution in [-0.4, -0.2) is 110 Å². The van der Waals surface area contributed by atoms with Gasteiger partial charge in [-0.3, -0.25) is 19.6 Å². The Morgan fingerprint density at radius 3 is 2.06 bits per heavy atom. The van der Waals surface area contributed by atoms with Crippen molar-refractivity contribution >= 4 is 29.9 Å². The van der Waals surface area contributed by atoms with Gasteiger partial charge in [-0.05, 0) is 70.2 Å². The van der Waals surface area contributed by atoms with Gasteiger partial charge in [-0.2, -0.15) is 4.98 Å². The number of urea groups is 1. The molecule has 4 aliphatic rings. The number of amides is 5. The van der Waals surface area contributed by atoms with E-state index in [1.165, 1.54) is 4.57 Å². The fraction of sp³-hybridized carbons (Fsp3) is 0.576. The predicted octanol–water partition coefficient (Wildman–Crippen LogP) is 2.16. The van der Waals surface area contributed by atoms with E-state index in [4.69, 9.17) is 9.84 Å². The van der Waals surface area contributed by atoms with E-state index < -0.39 is 29.0 Å². The van der Waals surface area contributed by atoms with Crippen molar-refractivity contribution in [2.75, 3.05) is 44.6 Å². The number of hydrogen-bond donors (Lipinski definition) is 4. The van der Waals surface area contributed by atoms with Crippen molar-refractivity contribution in [2.45, 2.75) is 58.3 Å². The quantitative estimate of drug-likeness (QED) is 0.345. The fourth-order valence-electron chi connectivity index (χ4n) is 7.31. The number of piperidine rings is 1. The van der Waals surface area contributed by atoms with Gasteiger partial charge in [0.05, 0.1) is 5.69 Å². The van der Waals surface area contributed by atoms with Gasteiger partial charge in [0.15, 0.2) is 0 Å². The van der Waals surface area contributed by atoms with Crippen molar-refractivity contribution in [1.82, 2.24) is 34.9 Å². The van der Waals surface area contributed by atoms with Crippen LogP contribution in [0.3, 0.4) is 0 Å². The van der Waals surface area contributed by atoms with Crippen molar-refractivity contribution in [3.8, 4) is 5.69 Å². The number of anilines is 1. The Labute approximate surface area is 278 Å². The van der Waals surface area contributed by atoms with Gasteiger partial charge in [-0.25, -0.2) is 19.2 Å². The summed E-state index contributed by atoms with van der Waals surface area (Å²) in [5.41, 5.74) is -0.597. The van der Waals surface area contributed by atoms with E-state index >= 15 is 0 Å². The highest BCUT2D eigenvalue weighted by Gasteiger charge is 2.56. The van der Waals surface area contributed by atoms with Crippen LogP contribution in [-0.2, 0) is 16.1 Å². The number of carboxylic acid groups (broad SMARTS) is 1. The highest BCUT2D eigenvalue weighted by Crippen LogP contribution is 2.45. The Morgan fingerprint density at radius 2 is 1.50 bits per heavy atom. The number of rotatable bonds is 7. The van der Waals surface area contributed by atoms with E-state index in [2.05, 4.69) is 25.8 Å². The number of benzene rings is 1. The lowest BCUT2D eigenvalue weighted by Gasteiger charge is -2.32. The van der Waals surface area contributed by atoms with Gasteiger partial charge in [0, 0.05) is 69.9 Å². The summed E-state index contributed by atoms with van der Waals surface area (Å²) in [4.78, 5) is 72.2. The zero-order valence-corrected chi connectivity index (χ0v) is 27.9. The highest BCUT2D eigenvalue weighted by atomic mass is 16.6. The Kier molecular flexibility index (Phi) is 8.60. The summed E-state index contributed by atoms with van der Waals surface area (Å²) in [6.45, 7) is 12.9. The lowest BCUT2D eigenvalue weighted by atomic mass is 10.0. The minimum absolute atomic E-state index is 0.0709. The molecule has 1 aliphatic carbocycles. The molecule has 6 rings (SSSR count). The molecule has 3 saturated heterocycles. The first kappa shape index (κ1) is 33.2. The van der Waals surface area contributed by atoms with E-state index in [0.29, 0.717) is 43.7 Å². The molecule has 258 valence electrons. The molecule has 4 atom stereocenters. The van der Waals surface area contributed by atoms with Crippen LogP contribution in [0.1, 0.15) is 40.2 Å². The number of likely N-dealkylation sites (tertiary alicyclic amines) is 3. The van der Waals surface area contributed by atoms with Crippen LogP contribution < -0.4 is 21.6 Å². The van der Waals surface area contributed by atoms with Gasteiger partial charge < -0.3 is 30.3 Å². The molecule has 1 aromatic carbocycles. The first-order chi connectivity index (χ1) is 22.6. The van der Waals surface area contributed by atoms with Crippen LogP contribution in [0.25, 0.3) is 5.69 Å². The molecule has 4 fully saturated rings. The second kappa shape index (κ2) is 12.4. The maximum atomic E-state index is 13.3. The minimum atomic E-state index is -1.14. The Morgan fingerprint density at radius 1 is 0.896 bits per heavy atom. The fourth-order valence-corrected chi connectivity index (χ4v) is 7.31. The zero-order chi connectivity index (χ0) is 34.5. The van der Waals surface area contributed by atoms with Gasteiger partial charge in [-0.1, -0.05) is 12.1 Å². The van der Waals surface area contributed by atoms with Gasteiger partial charge in [0.1, 0.15) is 17.0 Å². The molecule has 0 radical (unpaired) electrons. The van der Waals surface area contributed by atoms with Crippen LogP contribution in [0.2, 0.25) is 0 Å². The number of carbonyl (C=O) groups is 4. The number of alkyl carbamates (subject to hydrolysis) is 1. The number of carbonyl (C=O) groups excluding carboxylic acids is 3. The second-order valence-electron chi connectivity index (χ2n) is 14.9. The third-order valence-corrected chi connectivity index (χ3v) is 9.63. The van der Waals surface area contributed by atoms with Crippen molar-refractivity contribution in [3.05, 3.63) is 52.6 Å². The first-order valence-corrected chi connectivity index (χ1v) is 16.3. The lowest BCUT2D eigenvalue weighted by Crippen LogP contribution is -2.56. The predicted molar refractivity (Wildman–Crippen MR) is 175 cm³/mol. The average molecular weight is 665 g/mol. The third kappa shape index (κ3) is 7.25. The van der Waals surface area contributed by atoms with E-state index in [9.17, 15) is 24.0 Å². The van der Waals surface area contributed by atoms with Crippen LogP contribution in [0.15, 0.2) is 41.3 Å². The molecule has 2 aromatic rings. The molecule has 48 heavy (non-hydrogen) atoms. The maximum Gasteiger partial charge on any atom is 0.408 e. The first-order valence-electron chi connectivity index (χ1n) is 16.3. The maximum absolute atomic E-state index is 13.3. The van der Waals surface area contributed by atoms with E-state index in [1.54, 1.807) is 56.7 Å². The molecular formula is C33H44N8O7. The molecule has 15 heteroatoms. The van der Waals surface area contributed by atoms with E-state index in [1.807, 2.05) is 24.3 Å². The monoisotopic (exact) mass is 664 g/mol. The molecule has 1 aromatic heterocycles. The summed E-state index contributed by atoms with van der Waals surface area (Å²) in [7, 11) is 0. The molecule has 3 aliphatic heterocycles. The third-order valence-electron chi connectivity index (χ3n) is 9.63. The SMILES string of the molecule is CC(C)(C)OC(=O)NC(C)(C)C(=O)N1CC2CN(C(=O)Nc3ccn(-c4ccc(CN5CC6C(C5)C6NC(=O)O)cc4)c(=O)n3)CC2C1. The van der Waals surface area contributed by atoms with Crippen molar-refractivity contribution in [2.24, 2.45) is 23.7 Å². The molecule has 4 unspecified atom stereocenters. The van der Waals surface area contributed by atoms with Gasteiger partial charge in [0.2, 0.25) is 5.91 Å². The zero-order valence-electron chi connectivity index (χ0n) is 27.9. The summed E-state index contributed by atoms with van der Waals surface area (Å²) in [5.74, 6) is 0.913. The summed E-state index contributed by atoms with van der Waals surface area (Å²) in [5, 5.41) is 16.9. The molecule has 0 bridgehead atoms. The number of ether oxygens (including phenoxy) is 1. The summed E-state index contributed by atoms with van der Waals surface area (Å²) >= 11 is 0. The molecule has 4 heterocycles. The smallest absolute Gasteiger partial charge is 0.408 e. The number of aromatic nitrogens is 2. The van der Waals surface area contributed by atoms with E-state index in [0.717, 1.165) is 25.2 Å². The average Bonchev–Trinajstić information content (AvgIpc) is 3.37. The highest BCUT2D eigenvalue weighted by molar-refractivity contribution is 5.90. The largest absolute Gasteiger partial charge is 0.465 e. The van der Waals surface area contributed by atoms with Crippen LogP contribution in [0, 0.1) is 23.7 Å². The van der Waals surface area contributed by atoms with Crippen molar-refractivity contribution in [1.29, 1.82) is 0 Å². The minimum Gasteiger partial charge on any atom is -0.465 e. The summed E-state index contributed by atoms with van der Waals surface area (Å²) in [6.07, 6.45) is -0.0365. The van der Waals surface area contributed by atoms with Gasteiger partial charge in [0.25, 0.3) is 0 Å². The Hall–Kier alpha value is -4.66. The summed E-state index contributed by atoms with van der Waals surface area (Å²) < 4.78 is 6.73. The topological polar surface area (TPSA) is 178 Å². The molecule has 4 N–H and O–H groups in total. The van der Waals surface area contributed by atoms with Crippen LogP contribution in [0.4, 0.5) is 20.2 Å². The lowest BCUT2D eigenvalue weighted by molar-refractivity contribution is -0.136. The van der Waals surface area contributed by atoms with Crippen LogP contribution >= 0.6 is 0 Å². The second-order valence-corrected chi connectivity index (χ2v) is 14.9. The van der Waals surface area contributed by atoms with Crippen LogP contribution in [0.5, 0.6) is 0 Å². The molecule has 0 spiro atoms. The number of nitrogens with one attached hydrogen (secondary N) is 3. The van der Waals surface area contributed by atoms with Crippen molar-refractivity contribution < 1.29 is 29.0 Å². The summed E-state index contributed by atoms with van der Waals surface area (Å²) in [6, 6.07) is 8.94. The molecule has 5 amide bonds. The molecule has 1 saturated carbocycles. The molecular weight excluding hydrogens is 620 g/mol. The van der Waals surface area contributed by atoms with Gasteiger partial charge in [-0.15, -0.1) is 0 Å². The number of fused-ring (bicyclic) bond motifs is 2. The normalized spacial score (nSPS) is 24.9. The Bertz CT molecular complexity index is 1630. The molecule has 15 nitrogen and oxygen atoms in total. The van der Waals surface area contributed by atoms with Crippen molar-refractivity contribution in [3.63, 3.8) is 0 Å². The van der Waals surface area contributed by atoms with Gasteiger partial charge >= 0.3 is 23.9 Å².